The summed E-state index contributed by atoms with van der Waals surface area (Å²) in [7, 11) is 0. The molecule has 2 rings (SSSR count). The Labute approximate surface area is 116 Å². The third kappa shape index (κ3) is 3.57. The second-order valence-corrected chi connectivity index (χ2v) is 4.90. The Bertz CT molecular complexity index is 621. The number of amides is 1. The number of para-hydroxylation sites is 1. The van der Waals surface area contributed by atoms with Gasteiger partial charge in [-0.2, -0.15) is 5.10 Å². The van der Waals surface area contributed by atoms with Gasteiger partial charge >= 0.3 is 5.97 Å². The molecule has 20 heavy (non-hydrogen) atoms. The van der Waals surface area contributed by atoms with Crippen LogP contribution in [0.5, 0.6) is 0 Å². The topological polar surface area (TPSA) is 95.1 Å². The molecule has 0 aliphatic rings. The number of aliphatic carboxylic acids is 1. The average molecular weight is 275 g/mol. The van der Waals surface area contributed by atoms with E-state index < -0.39 is 5.97 Å². The molecule has 0 fully saturated rings. The Balaban J connectivity index is 1.90. The number of benzene rings is 1. The highest BCUT2D eigenvalue weighted by atomic mass is 16.4. The van der Waals surface area contributed by atoms with Gasteiger partial charge in [0.25, 0.3) is 0 Å². The number of carbonyl (C=O) groups is 2. The van der Waals surface area contributed by atoms with Gasteiger partial charge in [-0.25, -0.2) is 0 Å². The molecule has 0 radical (unpaired) electrons. The zero-order valence-corrected chi connectivity index (χ0v) is 11.2. The minimum absolute atomic E-state index is 0.0489. The van der Waals surface area contributed by atoms with E-state index in [0.29, 0.717) is 6.54 Å². The number of nitrogens with zero attached hydrogens (tertiary/aromatic N) is 1. The van der Waals surface area contributed by atoms with E-state index in [4.69, 9.17) is 5.11 Å². The first-order valence-corrected chi connectivity index (χ1v) is 6.46. The predicted octanol–water partition coefficient (Wildman–Crippen LogP) is 1.33. The minimum Gasteiger partial charge on any atom is -0.481 e. The molecule has 0 spiro atoms. The molecule has 1 aromatic heterocycles. The Morgan fingerprint density at radius 1 is 1.40 bits per heavy atom. The fourth-order valence-electron chi connectivity index (χ4n) is 2.03. The number of carbonyl (C=O) groups excluding carboxylic acids is 1. The number of aromatic nitrogens is 2. The van der Waals surface area contributed by atoms with E-state index in [1.807, 2.05) is 24.3 Å². The van der Waals surface area contributed by atoms with Crippen LogP contribution in [0.25, 0.3) is 10.9 Å². The molecule has 0 aliphatic carbocycles. The van der Waals surface area contributed by atoms with Crippen LogP contribution in [0.15, 0.2) is 24.3 Å². The van der Waals surface area contributed by atoms with Gasteiger partial charge in [-0.05, 0) is 12.0 Å². The molecule has 1 atom stereocenters. The smallest absolute Gasteiger partial charge is 0.303 e. The summed E-state index contributed by atoms with van der Waals surface area (Å²) in [6, 6.07) is 7.57. The Morgan fingerprint density at radius 2 is 2.15 bits per heavy atom. The van der Waals surface area contributed by atoms with Crippen LogP contribution >= 0.6 is 0 Å². The maximum Gasteiger partial charge on any atom is 0.303 e. The van der Waals surface area contributed by atoms with Crippen molar-refractivity contribution in [3.63, 3.8) is 0 Å². The molecule has 2 aromatic rings. The van der Waals surface area contributed by atoms with Crippen LogP contribution in [0.4, 0.5) is 0 Å². The summed E-state index contributed by atoms with van der Waals surface area (Å²) < 4.78 is 0. The van der Waals surface area contributed by atoms with Crippen LogP contribution in [0.2, 0.25) is 0 Å². The number of aromatic amines is 1. The molecule has 1 aromatic carbocycles. The molecule has 0 saturated carbocycles. The minimum atomic E-state index is -0.855. The highest BCUT2D eigenvalue weighted by Gasteiger charge is 2.12. The molecule has 0 saturated heterocycles. The van der Waals surface area contributed by atoms with Gasteiger partial charge in [0, 0.05) is 18.4 Å². The molecule has 1 amide bonds. The van der Waals surface area contributed by atoms with Crippen LogP contribution in [0.3, 0.4) is 0 Å². The predicted molar refractivity (Wildman–Crippen MR) is 74.2 cm³/mol. The maximum absolute atomic E-state index is 11.8. The summed E-state index contributed by atoms with van der Waals surface area (Å²) in [6.45, 7) is 2.15. The van der Waals surface area contributed by atoms with Gasteiger partial charge in [-0.15, -0.1) is 0 Å². The van der Waals surface area contributed by atoms with Crippen LogP contribution in [0.1, 0.15) is 19.0 Å². The van der Waals surface area contributed by atoms with Crippen molar-refractivity contribution in [3.05, 3.63) is 30.0 Å². The number of carboxylic acids is 1. The van der Waals surface area contributed by atoms with E-state index in [0.717, 1.165) is 16.6 Å². The summed E-state index contributed by atoms with van der Waals surface area (Å²) in [4.78, 5) is 22.4. The van der Waals surface area contributed by atoms with Gasteiger partial charge in [0.2, 0.25) is 5.91 Å². The molecule has 6 nitrogen and oxygen atoms in total. The standard InChI is InChI=1S/C14H17N3O3/c1-9(6-14(19)20)8-15-13(18)7-12-10-4-2-3-5-11(10)16-17-12/h2-5,9H,6-8H2,1H3,(H,15,18)(H,16,17)(H,19,20). The number of fused-ring (bicyclic) bond motifs is 1. The summed E-state index contributed by atoms with van der Waals surface area (Å²) in [5, 5.41) is 19.3. The van der Waals surface area contributed by atoms with Gasteiger partial charge in [-0.1, -0.05) is 25.1 Å². The number of rotatable bonds is 6. The number of carboxylic acid groups (broad SMARTS) is 1. The van der Waals surface area contributed by atoms with Gasteiger partial charge < -0.3 is 10.4 Å². The van der Waals surface area contributed by atoms with E-state index in [1.54, 1.807) is 6.92 Å². The van der Waals surface area contributed by atoms with E-state index in [-0.39, 0.29) is 24.7 Å². The van der Waals surface area contributed by atoms with Gasteiger partial charge in [0.05, 0.1) is 17.6 Å². The third-order valence-corrected chi connectivity index (χ3v) is 3.05. The first kappa shape index (κ1) is 14.0. The first-order valence-electron chi connectivity index (χ1n) is 6.46. The largest absolute Gasteiger partial charge is 0.481 e. The Hall–Kier alpha value is -2.37. The fourth-order valence-corrected chi connectivity index (χ4v) is 2.03. The lowest BCUT2D eigenvalue weighted by Gasteiger charge is -2.09. The SMILES string of the molecule is CC(CNC(=O)Cc1[nH]nc2ccccc12)CC(=O)O. The van der Waals surface area contributed by atoms with Crippen molar-refractivity contribution >= 4 is 22.8 Å². The van der Waals surface area contributed by atoms with Gasteiger partial charge in [0.15, 0.2) is 0 Å². The number of nitrogens with one attached hydrogen (secondary N) is 2. The zero-order valence-electron chi connectivity index (χ0n) is 11.2. The van der Waals surface area contributed by atoms with Crippen LogP contribution < -0.4 is 5.32 Å². The summed E-state index contributed by atoms with van der Waals surface area (Å²) in [5.41, 5.74) is 1.60. The summed E-state index contributed by atoms with van der Waals surface area (Å²) in [5.74, 6) is -1.09. The van der Waals surface area contributed by atoms with Crippen molar-refractivity contribution in [1.29, 1.82) is 0 Å². The second kappa shape index (κ2) is 6.18. The molecule has 6 heteroatoms. The highest BCUT2D eigenvalue weighted by molar-refractivity contribution is 5.87. The normalized spacial score (nSPS) is 12.2. The summed E-state index contributed by atoms with van der Waals surface area (Å²) >= 11 is 0. The Kier molecular flexibility index (Phi) is 4.34. The molecule has 1 unspecified atom stereocenters. The summed E-state index contributed by atoms with van der Waals surface area (Å²) in [6.07, 6.45) is 0.258. The van der Waals surface area contributed by atoms with E-state index in [9.17, 15) is 9.59 Å². The maximum atomic E-state index is 11.8. The highest BCUT2D eigenvalue weighted by Crippen LogP contribution is 2.15. The van der Waals surface area contributed by atoms with Crippen LogP contribution in [-0.4, -0.2) is 33.7 Å². The van der Waals surface area contributed by atoms with Gasteiger partial charge in [0.1, 0.15) is 0 Å². The van der Waals surface area contributed by atoms with Crippen molar-refractivity contribution in [2.45, 2.75) is 19.8 Å². The molecular weight excluding hydrogens is 258 g/mol. The average Bonchev–Trinajstić information content (AvgIpc) is 2.79. The zero-order chi connectivity index (χ0) is 14.5. The van der Waals surface area contributed by atoms with Crippen LogP contribution in [0, 0.1) is 5.92 Å². The van der Waals surface area contributed by atoms with Gasteiger partial charge in [-0.3, -0.25) is 14.7 Å². The monoisotopic (exact) mass is 275 g/mol. The van der Waals surface area contributed by atoms with E-state index in [2.05, 4.69) is 15.5 Å². The lowest BCUT2D eigenvalue weighted by atomic mass is 10.1. The van der Waals surface area contributed by atoms with Crippen molar-refractivity contribution in [2.75, 3.05) is 6.54 Å². The van der Waals surface area contributed by atoms with Crippen LogP contribution in [-0.2, 0) is 16.0 Å². The molecule has 106 valence electrons. The molecular formula is C14H17N3O3. The van der Waals surface area contributed by atoms with Crippen molar-refractivity contribution < 1.29 is 14.7 Å². The lowest BCUT2D eigenvalue weighted by Crippen LogP contribution is -2.30. The number of H-pyrrole nitrogens is 1. The Morgan fingerprint density at radius 3 is 2.90 bits per heavy atom. The molecule has 3 N–H and O–H groups in total. The third-order valence-electron chi connectivity index (χ3n) is 3.05. The molecule has 0 bridgehead atoms. The lowest BCUT2D eigenvalue weighted by molar-refractivity contribution is -0.138. The first-order chi connectivity index (χ1) is 9.56. The van der Waals surface area contributed by atoms with Crippen molar-refractivity contribution in [1.82, 2.24) is 15.5 Å². The number of hydrogen-bond acceptors (Lipinski definition) is 3. The molecule has 0 aliphatic heterocycles. The molecule has 1 heterocycles. The van der Waals surface area contributed by atoms with E-state index >= 15 is 0 Å². The van der Waals surface area contributed by atoms with Crippen molar-refractivity contribution in [3.8, 4) is 0 Å². The fraction of sp³-hybridized carbons (Fsp3) is 0.357. The second-order valence-electron chi connectivity index (χ2n) is 4.90. The quantitative estimate of drug-likeness (QED) is 0.741. The number of hydrogen-bond donors (Lipinski definition) is 3. The van der Waals surface area contributed by atoms with Crippen molar-refractivity contribution in [2.24, 2.45) is 5.92 Å². The van der Waals surface area contributed by atoms with E-state index in [1.165, 1.54) is 0 Å².